The molecule has 5 rings (SSSR count). The summed E-state index contributed by atoms with van der Waals surface area (Å²) in [5, 5.41) is 1.76. The highest BCUT2D eigenvalue weighted by molar-refractivity contribution is 7.12. The summed E-state index contributed by atoms with van der Waals surface area (Å²) < 4.78 is 15.9. The van der Waals surface area contributed by atoms with Crippen molar-refractivity contribution in [3.8, 4) is 5.88 Å². The van der Waals surface area contributed by atoms with E-state index in [0.717, 1.165) is 32.5 Å². The van der Waals surface area contributed by atoms with E-state index in [-0.39, 0.29) is 12.1 Å². The maximum Gasteiger partial charge on any atom is 0.350 e. The lowest BCUT2D eigenvalue weighted by atomic mass is 9.86. The van der Waals surface area contributed by atoms with Gasteiger partial charge in [0.15, 0.2) is 0 Å². The molecule has 3 aliphatic heterocycles. The molecule has 2 aromatic heterocycles. The molecule has 31 heavy (non-hydrogen) atoms. The molecule has 3 aliphatic rings. The fourth-order valence-corrected chi connectivity index (χ4v) is 4.80. The third-order valence-electron chi connectivity index (χ3n) is 5.82. The van der Waals surface area contributed by atoms with Crippen molar-refractivity contribution in [2.45, 2.75) is 24.9 Å². The first-order chi connectivity index (χ1) is 15.1. The van der Waals surface area contributed by atoms with E-state index in [0.29, 0.717) is 27.9 Å². The minimum Gasteiger partial charge on any atom is -0.481 e. The Bertz CT molecular complexity index is 950. The van der Waals surface area contributed by atoms with E-state index in [1.807, 2.05) is 0 Å². The van der Waals surface area contributed by atoms with Gasteiger partial charge >= 0.3 is 11.9 Å². The van der Waals surface area contributed by atoms with Crippen molar-refractivity contribution >= 4 is 35.2 Å². The lowest BCUT2D eigenvalue weighted by Crippen LogP contribution is -2.52. The highest BCUT2D eigenvalue weighted by Gasteiger charge is 2.37. The van der Waals surface area contributed by atoms with Crippen LogP contribution in [0, 0.1) is 5.92 Å². The lowest BCUT2D eigenvalue weighted by Gasteiger charge is -2.44. The molecule has 164 valence electrons. The van der Waals surface area contributed by atoms with E-state index in [4.69, 9.17) is 14.2 Å². The molecule has 0 saturated carbocycles. The largest absolute Gasteiger partial charge is 0.481 e. The van der Waals surface area contributed by atoms with Crippen molar-refractivity contribution in [2.24, 2.45) is 10.9 Å². The van der Waals surface area contributed by atoms with Crippen LogP contribution in [0.2, 0.25) is 0 Å². The first kappa shape index (κ1) is 21.5. The summed E-state index contributed by atoms with van der Waals surface area (Å²) in [5.41, 5.74) is 1.10. The van der Waals surface area contributed by atoms with Crippen molar-refractivity contribution < 1.29 is 23.8 Å². The molecule has 0 N–H and O–H groups in total. The number of hydrogen-bond donors (Lipinski definition) is 0. The van der Waals surface area contributed by atoms with E-state index < -0.39 is 11.9 Å². The third kappa shape index (κ3) is 4.77. The molecule has 3 fully saturated rings. The number of methoxy groups -OCH3 is 2. The van der Waals surface area contributed by atoms with Gasteiger partial charge in [0.25, 0.3) is 0 Å². The van der Waals surface area contributed by atoms with Gasteiger partial charge in [0, 0.05) is 25.0 Å². The van der Waals surface area contributed by atoms with Crippen LogP contribution in [-0.4, -0.2) is 68.0 Å². The Hall–Kier alpha value is -2.78. The van der Waals surface area contributed by atoms with Crippen molar-refractivity contribution in [2.75, 3.05) is 33.9 Å². The van der Waals surface area contributed by atoms with Gasteiger partial charge in [-0.3, -0.25) is 14.7 Å². The topological polar surface area (TPSA) is 90.3 Å². The average molecular weight is 444 g/mol. The molecule has 2 bridgehead atoms. The van der Waals surface area contributed by atoms with Crippen LogP contribution in [0.15, 0.2) is 34.8 Å². The number of fused-ring (bicyclic) bond motifs is 3. The minimum absolute atomic E-state index is 0.108. The lowest BCUT2D eigenvalue weighted by molar-refractivity contribution is -0.158. The Balaban J connectivity index is 1.57. The molecule has 0 aliphatic carbocycles. The smallest absolute Gasteiger partial charge is 0.350 e. The van der Waals surface area contributed by atoms with Crippen LogP contribution in [-0.2, 0) is 14.3 Å². The maximum absolute atomic E-state index is 13.2. The number of rotatable bonds is 7. The first-order valence-electron chi connectivity index (χ1n) is 10.2. The Morgan fingerprint density at radius 2 is 2.06 bits per heavy atom. The van der Waals surface area contributed by atoms with E-state index in [9.17, 15) is 9.59 Å². The van der Waals surface area contributed by atoms with Gasteiger partial charge in [-0.05, 0) is 48.9 Å². The molecule has 1 unspecified atom stereocenters. The zero-order valence-electron chi connectivity index (χ0n) is 17.5. The number of piperidine rings is 3. The summed E-state index contributed by atoms with van der Waals surface area (Å²) in [6, 6.07) is 5.19. The molecule has 2 atom stereocenters. The fourth-order valence-electron chi connectivity index (χ4n) is 4.05. The zero-order valence-corrected chi connectivity index (χ0v) is 18.3. The fraction of sp³-hybridized carbons (Fsp3) is 0.455. The maximum atomic E-state index is 13.2. The Morgan fingerprint density at radius 3 is 2.68 bits per heavy atom. The Morgan fingerprint density at radius 1 is 1.26 bits per heavy atom. The number of nitrogens with zero attached hydrogens (tertiary/aromatic N) is 3. The molecule has 9 heteroatoms. The summed E-state index contributed by atoms with van der Waals surface area (Å²) in [6.45, 7) is 2.92. The number of ether oxygens (including phenoxy) is 3. The van der Waals surface area contributed by atoms with E-state index in [1.165, 1.54) is 31.8 Å². The molecule has 3 saturated heterocycles. The van der Waals surface area contributed by atoms with Crippen molar-refractivity contribution in [1.82, 2.24) is 9.88 Å². The minimum atomic E-state index is -0.751. The monoisotopic (exact) mass is 443 g/mol. The summed E-state index contributed by atoms with van der Waals surface area (Å²) in [6.07, 6.45) is 5.10. The van der Waals surface area contributed by atoms with Gasteiger partial charge in [0.2, 0.25) is 5.88 Å². The summed E-state index contributed by atoms with van der Waals surface area (Å²) in [4.78, 5) is 36.5. The molecule has 0 amide bonds. The summed E-state index contributed by atoms with van der Waals surface area (Å²) in [5.74, 6) is -0.720. The van der Waals surface area contributed by atoms with Crippen LogP contribution in [0.4, 0.5) is 5.69 Å². The molecular formula is C22H25N3O5S. The predicted molar refractivity (Wildman–Crippen MR) is 116 cm³/mol. The van der Waals surface area contributed by atoms with E-state index in [1.54, 1.807) is 29.8 Å². The predicted octanol–water partition coefficient (Wildman–Crippen LogP) is 3.06. The number of aliphatic imine (C=N–C) groups is 1. The SMILES string of the molecule is COC(=O)c1sccc1N=CC(C(=O)O[C@H]1CN2CCC1CC2)c1ccc(OC)nc1. The molecule has 5 heterocycles. The normalized spacial score (nSPS) is 23.5. The van der Waals surface area contributed by atoms with Crippen LogP contribution < -0.4 is 4.74 Å². The van der Waals surface area contributed by atoms with Gasteiger partial charge in [-0.2, -0.15) is 0 Å². The number of carbonyl (C=O) groups is 2. The first-order valence-corrected chi connectivity index (χ1v) is 11.1. The van der Waals surface area contributed by atoms with Crippen LogP contribution in [0.3, 0.4) is 0 Å². The molecule has 0 radical (unpaired) electrons. The number of aromatic nitrogens is 1. The van der Waals surface area contributed by atoms with Crippen LogP contribution >= 0.6 is 11.3 Å². The molecule has 0 aromatic carbocycles. The summed E-state index contributed by atoms with van der Waals surface area (Å²) in [7, 11) is 2.86. The molecular weight excluding hydrogens is 418 g/mol. The van der Waals surface area contributed by atoms with Gasteiger partial charge < -0.3 is 14.2 Å². The number of esters is 2. The van der Waals surface area contributed by atoms with Gasteiger partial charge in [-0.15, -0.1) is 11.3 Å². The van der Waals surface area contributed by atoms with Crippen molar-refractivity contribution in [3.63, 3.8) is 0 Å². The Kier molecular flexibility index (Phi) is 6.62. The average Bonchev–Trinajstić information content (AvgIpc) is 3.28. The van der Waals surface area contributed by atoms with Crippen LogP contribution in [0.1, 0.15) is 34.0 Å². The van der Waals surface area contributed by atoms with E-state index >= 15 is 0 Å². The molecule has 8 nitrogen and oxygen atoms in total. The van der Waals surface area contributed by atoms with Crippen molar-refractivity contribution in [3.05, 3.63) is 40.2 Å². The van der Waals surface area contributed by atoms with E-state index in [2.05, 4.69) is 14.9 Å². The van der Waals surface area contributed by atoms with Crippen LogP contribution in [0.5, 0.6) is 5.88 Å². The second kappa shape index (κ2) is 9.57. The summed E-state index contributed by atoms with van der Waals surface area (Å²) >= 11 is 1.24. The zero-order chi connectivity index (χ0) is 21.8. The highest BCUT2D eigenvalue weighted by Crippen LogP contribution is 2.31. The molecule has 0 spiro atoms. The highest BCUT2D eigenvalue weighted by atomic mass is 32.1. The third-order valence-corrected chi connectivity index (χ3v) is 6.71. The quantitative estimate of drug-likeness (QED) is 0.480. The number of thiophene rings is 1. The number of hydrogen-bond acceptors (Lipinski definition) is 9. The van der Waals surface area contributed by atoms with Gasteiger partial charge in [0.05, 0.1) is 19.9 Å². The second-order valence-electron chi connectivity index (χ2n) is 7.63. The number of carbonyl (C=O) groups excluding carboxylic acids is 2. The van der Waals surface area contributed by atoms with Gasteiger partial charge in [-0.1, -0.05) is 6.07 Å². The molecule has 2 aromatic rings. The Labute approximate surface area is 184 Å². The standard InChI is InChI=1S/C22H25N3O5S/c1-28-19-4-3-15(11-24-19)16(12-23-17-7-10-31-20(17)22(27)29-2)21(26)30-18-13-25-8-5-14(18)6-9-25/h3-4,7,10-12,14,16,18H,5-6,8-9,13H2,1-2H3/t16?,18-/m0/s1. The van der Waals surface area contributed by atoms with Gasteiger partial charge in [0.1, 0.15) is 16.9 Å². The number of pyridine rings is 1. The van der Waals surface area contributed by atoms with Gasteiger partial charge in [-0.25, -0.2) is 9.78 Å². The van der Waals surface area contributed by atoms with Crippen molar-refractivity contribution in [1.29, 1.82) is 0 Å². The second-order valence-corrected chi connectivity index (χ2v) is 8.55. The van der Waals surface area contributed by atoms with Crippen LogP contribution in [0.25, 0.3) is 0 Å².